The van der Waals surface area contributed by atoms with Crippen molar-refractivity contribution in [1.29, 1.82) is 0 Å². The molecule has 0 bridgehead atoms. The maximum Gasteiger partial charge on any atom is 0.249 e. The van der Waals surface area contributed by atoms with Gasteiger partial charge in [-0.15, -0.1) is 10.2 Å². The Morgan fingerprint density at radius 2 is 2.17 bits per heavy atom. The highest BCUT2D eigenvalue weighted by molar-refractivity contribution is 7.18. The number of amides is 2. The molecule has 8 heteroatoms. The topological polar surface area (TPSA) is 84.4 Å². The van der Waals surface area contributed by atoms with Gasteiger partial charge >= 0.3 is 0 Å². The van der Waals surface area contributed by atoms with Crippen LogP contribution in [0.2, 0.25) is 0 Å². The number of carbonyl (C=O) groups excluding carboxylic acids is 2. The predicted molar refractivity (Wildman–Crippen MR) is 119 cm³/mol. The molecule has 0 saturated carbocycles. The third kappa shape index (κ3) is 5.16. The van der Waals surface area contributed by atoms with Gasteiger partial charge < -0.3 is 9.64 Å². The highest BCUT2D eigenvalue weighted by Crippen LogP contribution is 2.30. The SMILES string of the molecule is CCCCC(CC)C(=O)N1CCCC1C(=O)Nc1nnc(-c2cccc(OC)c2)s1. The monoisotopic (exact) mass is 430 g/mol. The van der Waals surface area contributed by atoms with Gasteiger partial charge in [-0.1, -0.05) is 50.2 Å². The van der Waals surface area contributed by atoms with Crippen LogP contribution in [0.3, 0.4) is 0 Å². The molecule has 0 radical (unpaired) electrons. The lowest BCUT2D eigenvalue weighted by atomic mass is 9.97. The van der Waals surface area contributed by atoms with Crippen LogP contribution in [0.15, 0.2) is 24.3 Å². The molecule has 1 fully saturated rings. The van der Waals surface area contributed by atoms with Gasteiger partial charge in [-0.25, -0.2) is 0 Å². The summed E-state index contributed by atoms with van der Waals surface area (Å²) in [6.07, 6.45) is 5.33. The molecule has 3 rings (SSSR count). The predicted octanol–water partition coefficient (Wildman–Crippen LogP) is 4.36. The number of nitrogens with zero attached hydrogens (tertiary/aromatic N) is 3. The first-order chi connectivity index (χ1) is 14.6. The summed E-state index contributed by atoms with van der Waals surface area (Å²) in [6.45, 7) is 4.82. The van der Waals surface area contributed by atoms with Crippen molar-refractivity contribution in [3.05, 3.63) is 24.3 Å². The van der Waals surface area contributed by atoms with Crippen LogP contribution in [0.1, 0.15) is 52.4 Å². The molecule has 2 heterocycles. The summed E-state index contributed by atoms with van der Waals surface area (Å²) in [5.41, 5.74) is 0.881. The summed E-state index contributed by atoms with van der Waals surface area (Å²) < 4.78 is 5.25. The number of likely N-dealkylation sites (tertiary alicyclic amines) is 1. The van der Waals surface area contributed by atoms with Crippen LogP contribution in [-0.4, -0.2) is 46.6 Å². The molecule has 1 aliphatic heterocycles. The smallest absolute Gasteiger partial charge is 0.249 e. The van der Waals surface area contributed by atoms with Crippen LogP contribution in [0.4, 0.5) is 5.13 Å². The number of rotatable bonds is 9. The van der Waals surface area contributed by atoms with E-state index in [-0.39, 0.29) is 17.7 Å². The van der Waals surface area contributed by atoms with Crippen molar-refractivity contribution in [1.82, 2.24) is 15.1 Å². The second kappa shape index (κ2) is 10.5. The third-order valence-electron chi connectivity index (χ3n) is 5.56. The first kappa shape index (κ1) is 22.2. The Bertz CT molecular complexity index is 870. The van der Waals surface area contributed by atoms with Gasteiger partial charge in [0.05, 0.1) is 7.11 Å². The molecule has 7 nitrogen and oxygen atoms in total. The lowest BCUT2D eigenvalue weighted by Crippen LogP contribution is -2.45. The lowest BCUT2D eigenvalue weighted by molar-refractivity contribution is -0.140. The van der Waals surface area contributed by atoms with Gasteiger partial charge in [-0.3, -0.25) is 14.9 Å². The summed E-state index contributed by atoms with van der Waals surface area (Å²) in [4.78, 5) is 27.7. The van der Waals surface area contributed by atoms with E-state index in [1.54, 1.807) is 12.0 Å². The normalized spacial score (nSPS) is 17.0. The zero-order valence-corrected chi connectivity index (χ0v) is 18.7. The summed E-state index contributed by atoms with van der Waals surface area (Å²) in [5, 5.41) is 12.3. The van der Waals surface area contributed by atoms with Gasteiger partial charge in [-0.2, -0.15) is 0 Å². The van der Waals surface area contributed by atoms with E-state index in [1.807, 2.05) is 31.2 Å². The van der Waals surface area contributed by atoms with E-state index < -0.39 is 6.04 Å². The summed E-state index contributed by atoms with van der Waals surface area (Å²) in [5.74, 6) is 0.666. The Morgan fingerprint density at radius 3 is 2.90 bits per heavy atom. The molecule has 2 aromatic rings. The van der Waals surface area contributed by atoms with Crippen molar-refractivity contribution in [2.75, 3.05) is 19.0 Å². The van der Waals surface area contributed by atoms with E-state index in [9.17, 15) is 9.59 Å². The van der Waals surface area contributed by atoms with Gasteiger partial charge in [-0.05, 0) is 37.8 Å². The fraction of sp³-hybridized carbons (Fsp3) is 0.545. The molecule has 2 amide bonds. The Balaban J connectivity index is 1.66. The van der Waals surface area contributed by atoms with Crippen molar-refractivity contribution in [3.8, 4) is 16.3 Å². The molecule has 0 aliphatic carbocycles. The number of carbonyl (C=O) groups is 2. The number of aromatic nitrogens is 2. The maximum atomic E-state index is 13.0. The number of hydrogen-bond acceptors (Lipinski definition) is 6. The molecular formula is C22H30N4O3S. The Hall–Kier alpha value is -2.48. The molecule has 2 unspecified atom stereocenters. The van der Waals surface area contributed by atoms with Gasteiger partial charge in [0.1, 0.15) is 16.8 Å². The van der Waals surface area contributed by atoms with E-state index in [1.165, 1.54) is 11.3 Å². The van der Waals surface area contributed by atoms with Crippen molar-refractivity contribution < 1.29 is 14.3 Å². The maximum absolute atomic E-state index is 13.0. The summed E-state index contributed by atoms with van der Waals surface area (Å²) in [7, 11) is 1.62. The zero-order valence-electron chi connectivity index (χ0n) is 17.9. The van der Waals surface area contributed by atoms with Crippen LogP contribution in [-0.2, 0) is 9.59 Å². The van der Waals surface area contributed by atoms with E-state index >= 15 is 0 Å². The fourth-order valence-corrected chi connectivity index (χ4v) is 4.57. The molecule has 1 N–H and O–H groups in total. The largest absolute Gasteiger partial charge is 0.497 e. The van der Waals surface area contributed by atoms with E-state index in [4.69, 9.17) is 4.74 Å². The average molecular weight is 431 g/mol. The minimum absolute atomic E-state index is 0.000423. The van der Waals surface area contributed by atoms with Crippen molar-refractivity contribution in [2.24, 2.45) is 5.92 Å². The minimum Gasteiger partial charge on any atom is -0.497 e. The van der Waals surface area contributed by atoms with Gasteiger partial charge in [0, 0.05) is 18.0 Å². The number of anilines is 1. The summed E-state index contributed by atoms with van der Waals surface area (Å²) >= 11 is 1.31. The second-order valence-corrected chi connectivity index (χ2v) is 8.55. The molecule has 1 aromatic carbocycles. The number of nitrogens with one attached hydrogen (secondary N) is 1. The lowest BCUT2D eigenvalue weighted by Gasteiger charge is -2.27. The first-order valence-corrected chi connectivity index (χ1v) is 11.5. The Morgan fingerprint density at radius 1 is 1.33 bits per heavy atom. The quantitative estimate of drug-likeness (QED) is 0.639. The number of benzene rings is 1. The molecule has 1 aromatic heterocycles. The minimum atomic E-state index is -0.433. The number of ether oxygens (including phenoxy) is 1. The summed E-state index contributed by atoms with van der Waals surface area (Å²) in [6, 6.07) is 7.12. The van der Waals surface area contributed by atoms with Gasteiger partial charge in [0.2, 0.25) is 16.9 Å². The molecule has 0 spiro atoms. The van der Waals surface area contributed by atoms with Crippen molar-refractivity contribution in [3.63, 3.8) is 0 Å². The number of methoxy groups -OCH3 is 1. The van der Waals surface area contributed by atoms with Gasteiger partial charge in [0.15, 0.2) is 0 Å². The van der Waals surface area contributed by atoms with Crippen LogP contribution < -0.4 is 10.1 Å². The molecule has 2 atom stereocenters. The van der Waals surface area contributed by atoms with Crippen LogP contribution in [0.5, 0.6) is 5.75 Å². The second-order valence-electron chi connectivity index (χ2n) is 7.57. The molecule has 162 valence electrons. The Kier molecular flexibility index (Phi) is 7.79. The number of hydrogen-bond donors (Lipinski definition) is 1. The van der Waals surface area contributed by atoms with Crippen LogP contribution in [0.25, 0.3) is 10.6 Å². The fourth-order valence-electron chi connectivity index (χ4n) is 3.83. The zero-order chi connectivity index (χ0) is 21.5. The van der Waals surface area contributed by atoms with E-state index in [0.717, 1.165) is 43.4 Å². The van der Waals surface area contributed by atoms with Crippen molar-refractivity contribution in [2.45, 2.75) is 58.4 Å². The first-order valence-electron chi connectivity index (χ1n) is 10.7. The molecule has 1 aliphatic rings. The van der Waals surface area contributed by atoms with Crippen LogP contribution in [0, 0.1) is 5.92 Å². The van der Waals surface area contributed by atoms with E-state index in [2.05, 4.69) is 22.4 Å². The van der Waals surface area contributed by atoms with Gasteiger partial charge in [0.25, 0.3) is 0 Å². The Labute approximate surface area is 181 Å². The highest BCUT2D eigenvalue weighted by atomic mass is 32.1. The molecule has 30 heavy (non-hydrogen) atoms. The number of unbranched alkanes of at least 4 members (excludes halogenated alkanes) is 1. The molecular weight excluding hydrogens is 400 g/mol. The van der Waals surface area contributed by atoms with Crippen molar-refractivity contribution >= 4 is 28.3 Å². The third-order valence-corrected chi connectivity index (χ3v) is 6.45. The van der Waals surface area contributed by atoms with Crippen LogP contribution >= 0.6 is 11.3 Å². The molecule has 1 saturated heterocycles. The highest BCUT2D eigenvalue weighted by Gasteiger charge is 2.36. The average Bonchev–Trinajstić information content (AvgIpc) is 3.44. The standard InChI is InChI=1S/C22H30N4O3S/c1-4-6-9-15(5-2)21(28)26-13-8-12-18(26)19(27)23-22-25-24-20(30-22)16-10-7-11-17(14-16)29-3/h7,10-11,14-15,18H,4-6,8-9,12-13H2,1-3H3,(H,23,25,27). The van der Waals surface area contributed by atoms with E-state index in [0.29, 0.717) is 23.1 Å².